The second-order valence-corrected chi connectivity index (χ2v) is 2.19. The van der Waals surface area contributed by atoms with E-state index in [0.717, 1.165) is 18.6 Å². The maximum Gasteiger partial charge on any atom is 0.169 e. The molecular formula is C7H11NO. The van der Waals surface area contributed by atoms with Gasteiger partial charge in [-0.1, -0.05) is 6.58 Å². The van der Waals surface area contributed by atoms with Crippen LogP contribution in [0.25, 0.3) is 0 Å². The van der Waals surface area contributed by atoms with Gasteiger partial charge in [-0.25, -0.2) is 0 Å². The highest BCUT2D eigenvalue weighted by Crippen LogP contribution is 2.08. The zero-order chi connectivity index (χ0) is 6.69. The standard InChI is InChI=1S/C7H11NO/c1-6(2)7-8-4-3-5-9-7/h4,7H,1,3,5H2,2H3. The number of hydrogen-bond acceptors (Lipinski definition) is 2. The van der Waals surface area contributed by atoms with Gasteiger partial charge in [0.2, 0.25) is 0 Å². The number of ether oxygens (including phenoxy) is 1. The molecule has 0 saturated carbocycles. The Balaban J connectivity index is 2.50. The molecule has 0 N–H and O–H groups in total. The molecule has 0 spiro atoms. The fraction of sp³-hybridized carbons (Fsp3) is 0.571. The molecule has 0 fully saturated rings. The maximum atomic E-state index is 5.24. The van der Waals surface area contributed by atoms with Crippen LogP contribution in [0.1, 0.15) is 13.3 Å². The second kappa shape index (κ2) is 2.78. The Morgan fingerprint density at radius 1 is 1.89 bits per heavy atom. The van der Waals surface area contributed by atoms with E-state index in [1.165, 1.54) is 0 Å². The highest BCUT2D eigenvalue weighted by molar-refractivity contribution is 5.58. The van der Waals surface area contributed by atoms with Gasteiger partial charge in [0, 0.05) is 12.6 Å². The number of hydrogen-bond donors (Lipinski definition) is 0. The minimum atomic E-state index is -0.0706. The molecule has 0 bridgehead atoms. The first kappa shape index (κ1) is 6.49. The lowest BCUT2D eigenvalue weighted by atomic mass is 10.3. The van der Waals surface area contributed by atoms with Crippen molar-refractivity contribution < 1.29 is 4.74 Å². The summed E-state index contributed by atoms with van der Waals surface area (Å²) < 4.78 is 5.24. The van der Waals surface area contributed by atoms with Gasteiger partial charge >= 0.3 is 0 Å². The molecular weight excluding hydrogens is 114 g/mol. The lowest BCUT2D eigenvalue weighted by Gasteiger charge is -2.15. The third kappa shape index (κ3) is 1.64. The average Bonchev–Trinajstić information content (AvgIpc) is 1.90. The summed E-state index contributed by atoms with van der Waals surface area (Å²) in [5, 5.41) is 0. The molecule has 0 aromatic rings. The predicted molar refractivity (Wildman–Crippen MR) is 37.7 cm³/mol. The zero-order valence-electron chi connectivity index (χ0n) is 5.63. The number of aliphatic imine (C=N–C) groups is 1. The maximum absolute atomic E-state index is 5.24. The van der Waals surface area contributed by atoms with Crippen LogP contribution in [0.4, 0.5) is 0 Å². The van der Waals surface area contributed by atoms with E-state index >= 15 is 0 Å². The highest BCUT2D eigenvalue weighted by atomic mass is 16.5. The van der Waals surface area contributed by atoms with Gasteiger partial charge in [-0.15, -0.1) is 0 Å². The van der Waals surface area contributed by atoms with Crippen molar-refractivity contribution in [2.75, 3.05) is 6.61 Å². The average molecular weight is 125 g/mol. The molecule has 0 radical (unpaired) electrons. The monoisotopic (exact) mass is 125 g/mol. The van der Waals surface area contributed by atoms with Crippen molar-refractivity contribution in [3.8, 4) is 0 Å². The van der Waals surface area contributed by atoms with Gasteiger partial charge in [-0.3, -0.25) is 4.99 Å². The first-order valence-electron chi connectivity index (χ1n) is 3.09. The van der Waals surface area contributed by atoms with Crippen LogP contribution in [0, 0.1) is 0 Å². The van der Waals surface area contributed by atoms with Gasteiger partial charge in [0.1, 0.15) is 0 Å². The van der Waals surface area contributed by atoms with Crippen molar-refractivity contribution >= 4 is 6.21 Å². The fourth-order valence-corrected chi connectivity index (χ4v) is 0.715. The Bertz CT molecular complexity index is 140. The molecule has 0 aromatic heterocycles. The first-order valence-corrected chi connectivity index (χ1v) is 3.09. The van der Waals surface area contributed by atoms with Crippen LogP contribution in [0.2, 0.25) is 0 Å². The molecule has 0 aliphatic carbocycles. The van der Waals surface area contributed by atoms with Crippen molar-refractivity contribution in [2.24, 2.45) is 4.99 Å². The van der Waals surface area contributed by atoms with Crippen LogP contribution in [-0.4, -0.2) is 19.0 Å². The molecule has 2 nitrogen and oxygen atoms in total. The van der Waals surface area contributed by atoms with E-state index in [2.05, 4.69) is 11.6 Å². The number of nitrogens with zero attached hydrogens (tertiary/aromatic N) is 1. The van der Waals surface area contributed by atoms with Gasteiger partial charge in [-0.05, 0) is 12.5 Å². The van der Waals surface area contributed by atoms with E-state index in [0.29, 0.717) is 0 Å². The first-order chi connectivity index (χ1) is 4.30. The quantitative estimate of drug-likeness (QED) is 0.485. The topological polar surface area (TPSA) is 21.6 Å². The zero-order valence-corrected chi connectivity index (χ0v) is 5.63. The minimum absolute atomic E-state index is 0.0706. The Labute approximate surface area is 55.2 Å². The Morgan fingerprint density at radius 3 is 3.00 bits per heavy atom. The summed E-state index contributed by atoms with van der Waals surface area (Å²) >= 11 is 0. The van der Waals surface area contributed by atoms with Crippen LogP contribution < -0.4 is 0 Å². The predicted octanol–water partition coefficient (Wildman–Crippen LogP) is 1.38. The van der Waals surface area contributed by atoms with Crippen LogP contribution in [0.5, 0.6) is 0 Å². The molecule has 1 rings (SSSR count). The number of rotatable bonds is 1. The smallest absolute Gasteiger partial charge is 0.169 e. The Kier molecular flexibility index (Phi) is 2.01. The molecule has 1 aliphatic rings. The van der Waals surface area contributed by atoms with Crippen LogP contribution >= 0.6 is 0 Å². The lowest BCUT2D eigenvalue weighted by Crippen LogP contribution is -2.16. The molecule has 1 aliphatic heterocycles. The molecule has 0 aromatic carbocycles. The summed E-state index contributed by atoms with van der Waals surface area (Å²) in [6, 6.07) is 0. The highest BCUT2D eigenvalue weighted by Gasteiger charge is 2.08. The van der Waals surface area contributed by atoms with Crippen molar-refractivity contribution in [3.63, 3.8) is 0 Å². The van der Waals surface area contributed by atoms with Crippen molar-refractivity contribution in [1.82, 2.24) is 0 Å². The molecule has 0 saturated heterocycles. The molecule has 1 atom stereocenters. The van der Waals surface area contributed by atoms with E-state index < -0.39 is 0 Å². The van der Waals surface area contributed by atoms with Gasteiger partial charge in [0.25, 0.3) is 0 Å². The van der Waals surface area contributed by atoms with Crippen LogP contribution in [-0.2, 0) is 4.74 Å². The molecule has 0 amide bonds. The third-order valence-electron chi connectivity index (χ3n) is 1.19. The fourth-order valence-electron chi connectivity index (χ4n) is 0.715. The van der Waals surface area contributed by atoms with Gasteiger partial charge in [-0.2, -0.15) is 0 Å². The summed E-state index contributed by atoms with van der Waals surface area (Å²) in [5.74, 6) is 0. The molecule has 1 heterocycles. The summed E-state index contributed by atoms with van der Waals surface area (Å²) in [7, 11) is 0. The second-order valence-electron chi connectivity index (χ2n) is 2.19. The van der Waals surface area contributed by atoms with Crippen molar-refractivity contribution in [1.29, 1.82) is 0 Å². The van der Waals surface area contributed by atoms with Gasteiger partial charge in [0.15, 0.2) is 6.23 Å². The summed E-state index contributed by atoms with van der Waals surface area (Å²) in [4.78, 5) is 4.08. The van der Waals surface area contributed by atoms with Gasteiger partial charge in [0.05, 0.1) is 6.61 Å². The molecule has 2 heteroatoms. The Hall–Kier alpha value is -0.630. The summed E-state index contributed by atoms with van der Waals surface area (Å²) in [5.41, 5.74) is 0.978. The normalized spacial score (nSPS) is 26.1. The van der Waals surface area contributed by atoms with Crippen LogP contribution in [0.15, 0.2) is 17.1 Å². The van der Waals surface area contributed by atoms with E-state index in [9.17, 15) is 0 Å². The van der Waals surface area contributed by atoms with Crippen molar-refractivity contribution in [2.45, 2.75) is 19.6 Å². The summed E-state index contributed by atoms with van der Waals surface area (Å²) in [6.45, 7) is 6.44. The Morgan fingerprint density at radius 2 is 2.67 bits per heavy atom. The van der Waals surface area contributed by atoms with E-state index in [4.69, 9.17) is 4.74 Å². The van der Waals surface area contributed by atoms with E-state index in [-0.39, 0.29) is 6.23 Å². The minimum Gasteiger partial charge on any atom is -0.352 e. The molecule has 50 valence electrons. The summed E-state index contributed by atoms with van der Waals surface area (Å²) in [6.07, 6.45) is 2.76. The lowest BCUT2D eigenvalue weighted by molar-refractivity contribution is 0.0818. The van der Waals surface area contributed by atoms with Gasteiger partial charge < -0.3 is 4.74 Å². The van der Waals surface area contributed by atoms with Crippen molar-refractivity contribution in [3.05, 3.63) is 12.2 Å². The SMILES string of the molecule is C=C(C)C1N=CCCO1. The largest absolute Gasteiger partial charge is 0.352 e. The third-order valence-corrected chi connectivity index (χ3v) is 1.19. The molecule has 1 unspecified atom stereocenters. The molecule has 9 heavy (non-hydrogen) atoms. The van der Waals surface area contributed by atoms with E-state index in [1.54, 1.807) is 0 Å². The van der Waals surface area contributed by atoms with E-state index in [1.807, 2.05) is 13.1 Å². The van der Waals surface area contributed by atoms with Crippen LogP contribution in [0.3, 0.4) is 0 Å².